The molecule has 0 N–H and O–H groups in total. The summed E-state index contributed by atoms with van der Waals surface area (Å²) < 4.78 is 4.78. The van der Waals surface area contributed by atoms with E-state index in [1.807, 2.05) is 22.7 Å². The summed E-state index contributed by atoms with van der Waals surface area (Å²) in [6.45, 7) is 0. The normalized spacial score (nSPS) is 11.6. The van der Waals surface area contributed by atoms with Crippen molar-refractivity contribution in [3.8, 4) is 86.5 Å². The molecule has 0 unspecified atom stereocenters. The van der Waals surface area contributed by atoms with Crippen LogP contribution in [0.4, 0.5) is 0 Å². The summed E-state index contributed by atoms with van der Waals surface area (Å²) in [6.07, 6.45) is 0. The fourth-order valence-corrected chi connectivity index (χ4v) is 12.7. The minimum Gasteiger partial charge on any atom is -0.309 e. The minimum absolute atomic E-state index is 1.16. The molecular weight excluding hydrogens is 909 g/mol. The van der Waals surface area contributed by atoms with E-state index in [2.05, 4.69) is 276 Å². The van der Waals surface area contributed by atoms with Gasteiger partial charge >= 0.3 is 0 Å². The van der Waals surface area contributed by atoms with E-state index in [1.54, 1.807) is 0 Å². The third kappa shape index (κ3) is 7.39. The van der Waals surface area contributed by atoms with Gasteiger partial charge in [0.2, 0.25) is 0 Å². The Hall–Kier alpha value is -8.80. The molecule has 0 radical (unpaired) electrons. The SMILES string of the molecule is c1ccc(-c2ccc(-n3c4ccccc4c4cc(-c5ccc(-c6ccc(-c7ccc(-c8ccc(-c9ccc%10c(c9)c9ccccc9n%10-c9ccc(-c%10ccccc%10)cc9)cc8)s7)s6)cc5)ccc43)cc2)cc1. The molecule has 0 aliphatic heterocycles. The number of benzene rings is 10. The second-order valence-corrected chi connectivity index (χ2v) is 20.6. The molecule has 0 spiro atoms. The van der Waals surface area contributed by atoms with Crippen molar-refractivity contribution in [1.82, 2.24) is 9.13 Å². The minimum atomic E-state index is 1.16. The molecule has 0 aliphatic rings. The lowest BCUT2D eigenvalue weighted by Gasteiger charge is -2.10. The van der Waals surface area contributed by atoms with Gasteiger partial charge in [-0.2, -0.15) is 0 Å². The first kappa shape index (κ1) is 42.1. The van der Waals surface area contributed by atoms with Crippen molar-refractivity contribution in [3.63, 3.8) is 0 Å². The summed E-state index contributed by atoms with van der Waals surface area (Å²) in [4.78, 5) is 5.12. The van der Waals surface area contributed by atoms with Crippen LogP contribution in [-0.2, 0) is 0 Å². The maximum absolute atomic E-state index is 2.39. The number of nitrogens with zero attached hydrogens (tertiary/aromatic N) is 2. The fraction of sp³-hybridized carbons (Fsp3) is 0. The topological polar surface area (TPSA) is 9.86 Å². The number of para-hydroxylation sites is 2. The van der Waals surface area contributed by atoms with Gasteiger partial charge in [-0.3, -0.25) is 0 Å². The Balaban J connectivity index is 0.691. The van der Waals surface area contributed by atoms with Crippen LogP contribution < -0.4 is 0 Å². The summed E-state index contributed by atoms with van der Waals surface area (Å²) >= 11 is 3.72. The van der Waals surface area contributed by atoms with E-state index in [9.17, 15) is 0 Å². The van der Waals surface area contributed by atoms with Crippen molar-refractivity contribution in [2.75, 3.05) is 0 Å². The van der Waals surface area contributed by atoms with E-state index in [0.717, 1.165) is 11.4 Å². The first-order chi connectivity index (χ1) is 35.7. The summed E-state index contributed by atoms with van der Waals surface area (Å²) in [7, 11) is 0. The lowest BCUT2D eigenvalue weighted by atomic mass is 10.0. The molecule has 4 heterocycles. The van der Waals surface area contributed by atoms with Crippen molar-refractivity contribution < 1.29 is 0 Å². The Bertz CT molecular complexity index is 3990. The molecule has 4 aromatic heterocycles. The lowest BCUT2D eigenvalue weighted by molar-refractivity contribution is 1.18. The quantitative estimate of drug-likeness (QED) is 0.136. The highest BCUT2D eigenvalue weighted by atomic mass is 32.1. The van der Waals surface area contributed by atoms with Gasteiger partial charge in [-0.1, -0.05) is 182 Å². The van der Waals surface area contributed by atoms with Gasteiger partial charge in [0.05, 0.1) is 22.1 Å². The van der Waals surface area contributed by atoms with Crippen LogP contribution in [0.2, 0.25) is 0 Å². The first-order valence-corrected chi connectivity index (χ1v) is 26.1. The van der Waals surface area contributed by atoms with E-state index < -0.39 is 0 Å². The molecule has 0 saturated carbocycles. The molecule has 0 saturated heterocycles. The molecule has 0 atom stereocenters. The zero-order valence-corrected chi connectivity index (χ0v) is 40.7. The number of aromatic nitrogens is 2. The molecular formula is C68H44N2S2. The van der Waals surface area contributed by atoms with Crippen molar-refractivity contribution >= 4 is 66.3 Å². The van der Waals surface area contributed by atoms with Gasteiger partial charge in [0.25, 0.3) is 0 Å². The van der Waals surface area contributed by atoms with Crippen LogP contribution in [0.1, 0.15) is 0 Å². The molecule has 0 fully saturated rings. The van der Waals surface area contributed by atoms with Crippen LogP contribution in [0.3, 0.4) is 0 Å². The average Bonchev–Trinajstić information content (AvgIpc) is 4.28. The van der Waals surface area contributed by atoms with Crippen molar-refractivity contribution in [2.24, 2.45) is 0 Å². The number of fused-ring (bicyclic) bond motifs is 6. The predicted molar refractivity (Wildman–Crippen MR) is 309 cm³/mol. The number of hydrogen-bond acceptors (Lipinski definition) is 2. The van der Waals surface area contributed by atoms with Gasteiger partial charge in [0.15, 0.2) is 0 Å². The van der Waals surface area contributed by atoms with Gasteiger partial charge in [-0.25, -0.2) is 0 Å². The number of rotatable bonds is 9. The summed E-state index contributed by atoms with van der Waals surface area (Å²) in [5.74, 6) is 0. The highest BCUT2D eigenvalue weighted by Crippen LogP contribution is 2.43. The highest BCUT2D eigenvalue weighted by molar-refractivity contribution is 7.25. The van der Waals surface area contributed by atoms with E-state index in [-0.39, 0.29) is 0 Å². The smallest absolute Gasteiger partial charge is 0.0541 e. The molecule has 0 aliphatic carbocycles. The number of thiophene rings is 2. The van der Waals surface area contributed by atoms with Crippen LogP contribution in [0, 0.1) is 0 Å². The molecule has 10 aromatic carbocycles. The molecule has 14 rings (SSSR count). The van der Waals surface area contributed by atoms with E-state index >= 15 is 0 Å². The number of hydrogen-bond donors (Lipinski definition) is 0. The van der Waals surface area contributed by atoms with Crippen molar-refractivity contribution in [1.29, 1.82) is 0 Å². The Morgan fingerprint density at radius 1 is 0.194 bits per heavy atom. The standard InChI is InChI=1S/C68H44N2S2/c1-3-11-45(12-4-1)47-27-33-55(34-28-47)69-61-17-9-7-15-57(61)59-43-53(31-37-63(59)69)49-19-23-51(24-20-49)65-39-41-67(71-65)68-42-40-66(72-68)52-25-21-50(22-26-52)54-32-38-64-60(44-54)58-16-8-10-18-62(58)70(64)56-35-29-48(30-36-56)46-13-5-2-6-14-46/h1-44H. The lowest BCUT2D eigenvalue weighted by Crippen LogP contribution is -1.93. The Kier molecular flexibility index (Phi) is 10.3. The van der Waals surface area contributed by atoms with Crippen molar-refractivity contribution in [3.05, 3.63) is 267 Å². The van der Waals surface area contributed by atoms with E-state index in [4.69, 9.17) is 0 Å². The Labute approximate surface area is 426 Å². The average molecular weight is 953 g/mol. The second-order valence-electron chi connectivity index (χ2n) is 18.5. The van der Waals surface area contributed by atoms with Crippen molar-refractivity contribution in [2.45, 2.75) is 0 Å². The van der Waals surface area contributed by atoms with E-state index in [1.165, 1.54) is 119 Å². The third-order valence-electron chi connectivity index (χ3n) is 14.3. The van der Waals surface area contributed by atoms with Crippen LogP contribution >= 0.6 is 22.7 Å². The Morgan fingerprint density at radius 2 is 0.486 bits per heavy atom. The van der Waals surface area contributed by atoms with Crippen LogP contribution in [0.15, 0.2) is 267 Å². The van der Waals surface area contributed by atoms with Gasteiger partial charge < -0.3 is 9.13 Å². The van der Waals surface area contributed by atoms with Gasteiger partial charge in [0.1, 0.15) is 0 Å². The molecule has 0 amide bonds. The molecule has 338 valence electrons. The fourth-order valence-electron chi connectivity index (χ4n) is 10.6. The predicted octanol–water partition coefficient (Wildman–Crippen LogP) is 19.7. The molecule has 2 nitrogen and oxygen atoms in total. The van der Waals surface area contributed by atoms with Crippen LogP contribution in [-0.4, -0.2) is 9.13 Å². The largest absolute Gasteiger partial charge is 0.309 e. The molecule has 72 heavy (non-hydrogen) atoms. The van der Waals surface area contributed by atoms with Crippen LogP contribution in [0.25, 0.3) is 130 Å². The first-order valence-electron chi connectivity index (χ1n) is 24.5. The van der Waals surface area contributed by atoms with Gasteiger partial charge in [-0.05, 0) is 141 Å². The van der Waals surface area contributed by atoms with E-state index in [0.29, 0.717) is 0 Å². The summed E-state index contributed by atoms with van der Waals surface area (Å²) in [5.41, 5.74) is 19.4. The maximum Gasteiger partial charge on any atom is 0.0541 e. The highest BCUT2D eigenvalue weighted by Gasteiger charge is 2.17. The molecule has 14 aromatic rings. The maximum atomic E-state index is 2.39. The third-order valence-corrected chi connectivity index (χ3v) is 16.7. The van der Waals surface area contributed by atoms with Gasteiger partial charge in [0, 0.05) is 52.4 Å². The molecule has 4 heteroatoms. The Morgan fingerprint density at radius 3 is 0.903 bits per heavy atom. The second kappa shape index (κ2) is 17.6. The zero-order valence-electron chi connectivity index (χ0n) is 39.1. The molecule has 0 bridgehead atoms. The zero-order chi connectivity index (χ0) is 47.5. The summed E-state index contributed by atoms with van der Waals surface area (Å²) in [6, 6.07) is 97.6. The summed E-state index contributed by atoms with van der Waals surface area (Å²) in [5, 5.41) is 5.03. The van der Waals surface area contributed by atoms with Crippen LogP contribution in [0.5, 0.6) is 0 Å². The van der Waals surface area contributed by atoms with Gasteiger partial charge in [-0.15, -0.1) is 22.7 Å². The monoisotopic (exact) mass is 952 g/mol.